The van der Waals surface area contributed by atoms with E-state index in [1.807, 2.05) is 0 Å². The molecule has 1 aromatic rings. The number of ether oxygens (including phenoxy) is 1. The second-order valence-electron chi connectivity index (χ2n) is 3.99. The van der Waals surface area contributed by atoms with Gasteiger partial charge in [0.2, 0.25) is 0 Å². The molecule has 8 heteroatoms. The van der Waals surface area contributed by atoms with Gasteiger partial charge in [0, 0.05) is 20.2 Å². The number of aliphatic hydroxyl groups excluding tert-OH is 1. The molecule has 0 fully saturated rings. The van der Waals surface area contributed by atoms with Crippen LogP contribution in [0, 0.1) is 0 Å². The van der Waals surface area contributed by atoms with Gasteiger partial charge in [-0.25, -0.2) is 4.98 Å². The average Bonchev–Trinajstić information content (AvgIpc) is 2.41. The lowest BCUT2D eigenvalue weighted by Gasteiger charge is -2.12. The Morgan fingerprint density at radius 2 is 1.95 bits per heavy atom. The number of hydrogen-bond acceptors (Lipinski definition) is 5. The van der Waals surface area contributed by atoms with Gasteiger partial charge in [-0.1, -0.05) is 0 Å². The van der Waals surface area contributed by atoms with Gasteiger partial charge in [0.05, 0.1) is 18.8 Å². The fourth-order valence-corrected chi connectivity index (χ4v) is 1.47. The highest BCUT2D eigenvalue weighted by Crippen LogP contribution is 2.31. The van der Waals surface area contributed by atoms with Crippen molar-refractivity contribution in [1.82, 2.24) is 4.98 Å². The van der Waals surface area contributed by atoms with Crippen LogP contribution in [0.25, 0.3) is 0 Å². The van der Waals surface area contributed by atoms with Crippen molar-refractivity contribution < 1.29 is 23.0 Å². The Morgan fingerprint density at radius 3 is 2.55 bits per heavy atom. The zero-order chi connectivity index (χ0) is 15.0. The first-order chi connectivity index (χ1) is 9.47. The molecule has 0 aliphatic rings. The van der Waals surface area contributed by atoms with E-state index in [4.69, 9.17) is 9.84 Å². The molecule has 0 spiro atoms. The molecule has 1 heterocycles. The SMILES string of the molecule is CNc1cc(C(F)(F)F)cc(NCCCOCCO)n1. The van der Waals surface area contributed by atoms with E-state index in [0.29, 0.717) is 19.6 Å². The second-order valence-corrected chi connectivity index (χ2v) is 3.99. The van der Waals surface area contributed by atoms with Gasteiger partial charge in [-0.2, -0.15) is 13.2 Å². The van der Waals surface area contributed by atoms with Gasteiger partial charge in [0.15, 0.2) is 0 Å². The van der Waals surface area contributed by atoms with Crippen molar-refractivity contribution >= 4 is 11.6 Å². The van der Waals surface area contributed by atoms with Crippen LogP contribution in [0.2, 0.25) is 0 Å². The Hall–Kier alpha value is -1.54. The Bertz CT molecular complexity index is 413. The third-order valence-corrected chi connectivity index (χ3v) is 2.42. The highest BCUT2D eigenvalue weighted by Gasteiger charge is 2.31. The van der Waals surface area contributed by atoms with Crippen LogP contribution >= 0.6 is 0 Å². The number of aliphatic hydroxyl groups is 1. The lowest BCUT2D eigenvalue weighted by atomic mass is 10.2. The van der Waals surface area contributed by atoms with Crippen molar-refractivity contribution in [2.45, 2.75) is 12.6 Å². The molecule has 1 aromatic heterocycles. The Kier molecular flexibility index (Phi) is 6.53. The summed E-state index contributed by atoms with van der Waals surface area (Å²) in [7, 11) is 1.51. The van der Waals surface area contributed by atoms with Gasteiger partial charge in [0.1, 0.15) is 11.6 Å². The van der Waals surface area contributed by atoms with Crippen molar-refractivity contribution in [2.24, 2.45) is 0 Å². The first-order valence-corrected chi connectivity index (χ1v) is 6.17. The second kappa shape index (κ2) is 7.91. The topological polar surface area (TPSA) is 66.4 Å². The highest BCUT2D eigenvalue weighted by atomic mass is 19.4. The minimum absolute atomic E-state index is 0.0475. The maximum absolute atomic E-state index is 12.7. The van der Waals surface area contributed by atoms with E-state index in [0.717, 1.165) is 12.1 Å². The van der Waals surface area contributed by atoms with Crippen LogP contribution < -0.4 is 10.6 Å². The smallest absolute Gasteiger partial charge is 0.394 e. The Balaban J connectivity index is 2.56. The predicted molar refractivity (Wildman–Crippen MR) is 69.8 cm³/mol. The molecule has 0 aromatic carbocycles. The molecule has 0 aliphatic carbocycles. The van der Waals surface area contributed by atoms with Crippen molar-refractivity contribution in [3.8, 4) is 0 Å². The number of nitrogens with one attached hydrogen (secondary N) is 2. The van der Waals surface area contributed by atoms with E-state index in [-0.39, 0.29) is 24.8 Å². The zero-order valence-electron chi connectivity index (χ0n) is 11.1. The normalized spacial score (nSPS) is 11.4. The van der Waals surface area contributed by atoms with Gasteiger partial charge in [-0.05, 0) is 18.6 Å². The summed E-state index contributed by atoms with van der Waals surface area (Å²) in [6.45, 7) is 1.06. The van der Waals surface area contributed by atoms with Gasteiger partial charge >= 0.3 is 6.18 Å². The molecule has 0 amide bonds. The number of hydrogen-bond donors (Lipinski definition) is 3. The molecule has 20 heavy (non-hydrogen) atoms. The Morgan fingerprint density at radius 1 is 1.25 bits per heavy atom. The van der Waals surface area contributed by atoms with E-state index < -0.39 is 11.7 Å². The van der Waals surface area contributed by atoms with E-state index in [9.17, 15) is 13.2 Å². The number of nitrogens with zero attached hydrogens (tertiary/aromatic N) is 1. The quantitative estimate of drug-likeness (QED) is 0.639. The third-order valence-electron chi connectivity index (χ3n) is 2.42. The number of alkyl halides is 3. The first-order valence-electron chi connectivity index (χ1n) is 6.17. The largest absolute Gasteiger partial charge is 0.416 e. The summed E-state index contributed by atoms with van der Waals surface area (Å²) < 4.78 is 43.1. The standard InChI is InChI=1S/C12H18F3N3O2/c1-16-10-7-9(12(13,14)15)8-11(18-10)17-3-2-5-20-6-4-19/h7-8,19H,2-6H2,1H3,(H2,16,17,18). The summed E-state index contributed by atoms with van der Waals surface area (Å²) in [5.41, 5.74) is -0.754. The number of pyridine rings is 1. The van der Waals surface area contributed by atoms with Crippen molar-refractivity contribution in [3.63, 3.8) is 0 Å². The molecule has 0 radical (unpaired) electrons. The lowest BCUT2D eigenvalue weighted by Crippen LogP contribution is -2.12. The summed E-state index contributed by atoms with van der Waals surface area (Å²) in [6, 6.07) is 1.92. The van der Waals surface area contributed by atoms with E-state index in [2.05, 4.69) is 15.6 Å². The van der Waals surface area contributed by atoms with Gasteiger partial charge < -0.3 is 20.5 Å². The van der Waals surface area contributed by atoms with Crippen LogP contribution in [0.4, 0.5) is 24.8 Å². The highest BCUT2D eigenvalue weighted by molar-refractivity contribution is 5.49. The molecule has 0 saturated carbocycles. The van der Waals surface area contributed by atoms with Crippen LogP contribution in [0.5, 0.6) is 0 Å². The van der Waals surface area contributed by atoms with Crippen LogP contribution in [0.3, 0.4) is 0 Å². The maximum Gasteiger partial charge on any atom is 0.416 e. The van der Waals surface area contributed by atoms with Crippen LogP contribution in [0.15, 0.2) is 12.1 Å². The predicted octanol–water partition coefficient (Wildman–Crippen LogP) is 1.95. The number of halogens is 3. The summed E-state index contributed by atoms with van der Waals surface area (Å²) in [5, 5.41) is 13.9. The maximum atomic E-state index is 12.7. The molecule has 0 aliphatic heterocycles. The monoisotopic (exact) mass is 293 g/mol. The third kappa shape index (κ3) is 5.62. The van der Waals surface area contributed by atoms with Crippen molar-refractivity contribution in [1.29, 1.82) is 0 Å². The average molecular weight is 293 g/mol. The fourth-order valence-electron chi connectivity index (χ4n) is 1.47. The molecule has 114 valence electrons. The number of anilines is 2. The van der Waals surface area contributed by atoms with E-state index in [1.165, 1.54) is 7.05 Å². The molecule has 5 nitrogen and oxygen atoms in total. The summed E-state index contributed by atoms with van der Waals surface area (Å²) in [6.07, 6.45) is -3.80. The van der Waals surface area contributed by atoms with Gasteiger partial charge in [-0.15, -0.1) is 0 Å². The Labute approximate surface area is 115 Å². The van der Waals surface area contributed by atoms with Crippen LogP contribution in [0.1, 0.15) is 12.0 Å². The molecule has 0 bridgehead atoms. The fraction of sp³-hybridized carbons (Fsp3) is 0.583. The first kappa shape index (κ1) is 16.5. The number of aromatic nitrogens is 1. The zero-order valence-corrected chi connectivity index (χ0v) is 11.1. The molecule has 1 rings (SSSR count). The number of rotatable bonds is 8. The van der Waals surface area contributed by atoms with E-state index >= 15 is 0 Å². The molecular formula is C12H18F3N3O2. The van der Waals surface area contributed by atoms with Crippen molar-refractivity contribution in [2.75, 3.05) is 44.0 Å². The summed E-state index contributed by atoms with van der Waals surface area (Å²) in [5.74, 6) is 0.310. The van der Waals surface area contributed by atoms with Gasteiger partial charge in [0.25, 0.3) is 0 Å². The molecule has 0 unspecified atom stereocenters. The molecule has 3 N–H and O–H groups in total. The lowest BCUT2D eigenvalue weighted by molar-refractivity contribution is -0.137. The summed E-state index contributed by atoms with van der Waals surface area (Å²) in [4.78, 5) is 4.00. The van der Waals surface area contributed by atoms with Crippen LogP contribution in [-0.4, -0.2) is 43.5 Å². The summed E-state index contributed by atoms with van der Waals surface area (Å²) >= 11 is 0. The molecular weight excluding hydrogens is 275 g/mol. The minimum atomic E-state index is -4.41. The molecule has 0 saturated heterocycles. The van der Waals surface area contributed by atoms with E-state index in [1.54, 1.807) is 0 Å². The minimum Gasteiger partial charge on any atom is -0.394 e. The van der Waals surface area contributed by atoms with Crippen LogP contribution in [-0.2, 0) is 10.9 Å². The molecule has 0 atom stereocenters. The van der Waals surface area contributed by atoms with Crippen molar-refractivity contribution in [3.05, 3.63) is 17.7 Å². The van der Waals surface area contributed by atoms with Gasteiger partial charge in [-0.3, -0.25) is 0 Å².